The Kier molecular flexibility index (Phi) is 4.62. The van der Waals surface area contributed by atoms with Gasteiger partial charge < -0.3 is 9.52 Å². The summed E-state index contributed by atoms with van der Waals surface area (Å²) < 4.78 is 5.52. The molecule has 2 aliphatic rings. The van der Waals surface area contributed by atoms with Crippen LogP contribution in [0.5, 0.6) is 0 Å². The second-order valence-corrected chi connectivity index (χ2v) is 8.94. The van der Waals surface area contributed by atoms with Gasteiger partial charge in [-0.2, -0.15) is 0 Å². The molecular formula is C19H25N3O3S. The average molecular weight is 375 g/mol. The van der Waals surface area contributed by atoms with Crippen molar-refractivity contribution in [3.63, 3.8) is 0 Å². The van der Waals surface area contributed by atoms with E-state index < -0.39 is 11.4 Å². The van der Waals surface area contributed by atoms with E-state index in [4.69, 9.17) is 4.42 Å². The van der Waals surface area contributed by atoms with Gasteiger partial charge in [0.2, 0.25) is 0 Å². The maximum absolute atomic E-state index is 12.2. The van der Waals surface area contributed by atoms with Crippen molar-refractivity contribution >= 4 is 17.3 Å². The topological polar surface area (TPSA) is 69.8 Å². The minimum absolute atomic E-state index is 0.163. The SMILES string of the molecule is CC(C)c1nc(CN2C[C@H]3CN(Cc4cccs4)C[C@@]3(C(=O)O)C2)co1. The van der Waals surface area contributed by atoms with Crippen LogP contribution in [-0.2, 0) is 17.9 Å². The molecule has 7 heteroatoms. The van der Waals surface area contributed by atoms with Gasteiger partial charge in [-0.15, -0.1) is 11.3 Å². The Labute approximate surface area is 157 Å². The Morgan fingerprint density at radius 3 is 2.65 bits per heavy atom. The van der Waals surface area contributed by atoms with E-state index in [9.17, 15) is 9.90 Å². The van der Waals surface area contributed by atoms with E-state index >= 15 is 0 Å². The molecule has 2 aromatic rings. The van der Waals surface area contributed by atoms with Crippen LogP contribution in [0.15, 0.2) is 28.2 Å². The molecule has 2 atom stereocenters. The highest BCUT2D eigenvalue weighted by molar-refractivity contribution is 7.09. The minimum atomic E-state index is -0.665. The highest BCUT2D eigenvalue weighted by Gasteiger charge is 2.57. The fraction of sp³-hybridized carbons (Fsp3) is 0.579. The first-order chi connectivity index (χ1) is 12.5. The Hall–Kier alpha value is -1.70. The summed E-state index contributed by atoms with van der Waals surface area (Å²) >= 11 is 1.73. The molecule has 26 heavy (non-hydrogen) atoms. The van der Waals surface area contributed by atoms with E-state index in [1.165, 1.54) is 4.88 Å². The third-order valence-corrected chi connectivity index (χ3v) is 6.45. The lowest BCUT2D eigenvalue weighted by molar-refractivity contribution is -0.149. The van der Waals surface area contributed by atoms with E-state index in [1.807, 2.05) is 0 Å². The molecule has 0 aliphatic carbocycles. The predicted molar refractivity (Wildman–Crippen MR) is 99.0 cm³/mol. The number of aromatic nitrogens is 1. The minimum Gasteiger partial charge on any atom is -0.481 e. The van der Waals surface area contributed by atoms with Crippen molar-refractivity contribution < 1.29 is 14.3 Å². The Balaban J connectivity index is 1.43. The van der Waals surface area contributed by atoms with Crippen LogP contribution < -0.4 is 0 Å². The number of nitrogens with zero attached hydrogens (tertiary/aromatic N) is 3. The van der Waals surface area contributed by atoms with Crippen molar-refractivity contribution in [2.45, 2.75) is 32.9 Å². The van der Waals surface area contributed by atoms with Gasteiger partial charge >= 0.3 is 5.97 Å². The smallest absolute Gasteiger partial charge is 0.312 e. The number of carbonyl (C=O) groups is 1. The van der Waals surface area contributed by atoms with Gasteiger partial charge in [-0.1, -0.05) is 19.9 Å². The van der Waals surface area contributed by atoms with Gasteiger partial charge in [-0.25, -0.2) is 4.98 Å². The molecule has 0 amide bonds. The largest absolute Gasteiger partial charge is 0.481 e. The molecule has 0 radical (unpaired) electrons. The number of fused-ring (bicyclic) bond motifs is 1. The molecule has 0 bridgehead atoms. The third kappa shape index (κ3) is 3.19. The van der Waals surface area contributed by atoms with Crippen molar-refractivity contribution in [1.29, 1.82) is 0 Å². The van der Waals surface area contributed by atoms with Crippen LogP contribution in [0.4, 0.5) is 0 Å². The summed E-state index contributed by atoms with van der Waals surface area (Å²) in [7, 11) is 0. The summed E-state index contributed by atoms with van der Waals surface area (Å²) in [4.78, 5) is 22.5. The molecule has 4 heterocycles. The van der Waals surface area contributed by atoms with E-state index in [1.54, 1.807) is 17.6 Å². The lowest BCUT2D eigenvalue weighted by Crippen LogP contribution is -2.40. The third-order valence-electron chi connectivity index (χ3n) is 5.58. The number of carboxylic acid groups (broad SMARTS) is 1. The maximum atomic E-state index is 12.2. The van der Waals surface area contributed by atoms with Crippen molar-refractivity contribution in [1.82, 2.24) is 14.8 Å². The molecule has 140 valence electrons. The zero-order chi connectivity index (χ0) is 18.3. The van der Waals surface area contributed by atoms with Gasteiger partial charge in [0.25, 0.3) is 0 Å². The van der Waals surface area contributed by atoms with Crippen LogP contribution >= 0.6 is 11.3 Å². The molecule has 1 N–H and O–H groups in total. The summed E-state index contributed by atoms with van der Waals surface area (Å²) in [6, 6.07) is 4.17. The predicted octanol–water partition coefficient (Wildman–Crippen LogP) is 2.88. The Bertz CT molecular complexity index is 773. The normalized spacial score (nSPS) is 26.7. The van der Waals surface area contributed by atoms with Gasteiger partial charge in [0.1, 0.15) is 6.26 Å². The molecule has 2 fully saturated rings. The molecule has 0 saturated carbocycles. The zero-order valence-corrected chi connectivity index (χ0v) is 16.0. The van der Waals surface area contributed by atoms with E-state index in [2.05, 4.69) is 46.1 Å². The summed E-state index contributed by atoms with van der Waals surface area (Å²) in [5, 5.41) is 12.1. The molecule has 2 aromatic heterocycles. The Morgan fingerprint density at radius 2 is 2.12 bits per heavy atom. The van der Waals surface area contributed by atoms with Gasteiger partial charge in [-0.3, -0.25) is 14.6 Å². The van der Waals surface area contributed by atoms with Crippen LogP contribution in [0, 0.1) is 11.3 Å². The van der Waals surface area contributed by atoms with Crippen LogP contribution in [0.3, 0.4) is 0 Å². The van der Waals surface area contributed by atoms with Gasteiger partial charge in [-0.05, 0) is 11.4 Å². The fourth-order valence-electron chi connectivity index (χ4n) is 4.33. The Morgan fingerprint density at radius 1 is 1.38 bits per heavy atom. The van der Waals surface area contributed by atoms with Gasteiger partial charge in [0.05, 0.1) is 11.1 Å². The van der Waals surface area contributed by atoms with Crippen molar-refractivity contribution in [2.24, 2.45) is 11.3 Å². The quantitative estimate of drug-likeness (QED) is 0.837. The van der Waals surface area contributed by atoms with Gasteiger partial charge in [0.15, 0.2) is 5.89 Å². The van der Waals surface area contributed by atoms with Crippen molar-refractivity contribution in [2.75, 3.05) is 26.2 Å². The molecule has 0 aromatic carbocycles. The van der Waals surface area contributed by atoms with Gasteiger partial charge in [0, 0.05) is 56.0 Å². The molecule has 0 unspecified atom stereocenters. The van der Waals surface area contributed by atoms with Crippen LogP contribution in [0.25, 0.3) is 0 Å². The second kappa shape index (κ2) is 6.79. The molecule has 6 nitrogen and oxygen atoms in total. The highest BCUT2D eigenvalue weighted by atomic mass is 32.1. The first kappa shape index (κ1) is 17.7. The maximum Gasteiger partial charge on any atom is 0.312 e. The van der Waals surface area contributed by atoms with E-state index in [0.717, 1.165) is 31.2 Å². The number of likely N-dealkylation sites (tertiary alicyclic amines) is 2. The first-order valence-electron chi connectivity index (χ1n) is 9.11. The number of thiophene rings is 1. The van der Waals surface area contributed by atoms with Crippen molar-refractivity contribution in [3.8, 4) is 0 Å². The molecule has 2 aliphatic heterocycles. The van der Waals surface area contributed by atoms with Crippen molar-refractivity contribution in [3.05, 3.63) is 40.2 Å². The summed E-state index contributed by atoms with van der Waals surface area (Å²) in [6.45, 7) is 8.47. The molecule has 2 saturated heterocycles. The number of oxazole rings is 1. The number of aliphatic carboxylic acids is 1. The number of rotatable bonds is 6. The average Bonchev–Trinajstić information content (AvgIpc) is 3.31. The highest BCUT2D eigenvalue weighted by Crippen LogP contribution is 2.43. The fourth-order valence-corrected chi connectivity index (χ4v) is 5.08. The lowest BCUT2D eigenvalue weighted by atomic mass is 9.81. The number of hydrogen-bond donors (Lipinski definition) is 1. The number of carboxylic acids is 1. The van der Waals surface area contributed by atoms with E-state index in [-0.39, 0.29) is 11.8 Å². The van der Waals surface area contributed by atoms with Crippen LogP contribution in [-0.4, -0.2) is 52.0 Å². The molecule has 4 rings (SSSR count). The first-order valence-corrected chi connectivity index (χ1v) is 9.99. The second-order valence-electron chi connectivity index (χ2n) is 7.91. The molecule has 0 spiro atoms. The standard InChI is InChI=1S/C19H25N3O3S/c1-13(2)17-20-15(10-25-17)8-21-6-14-7-22(9-16-4-3-5-26-16)12-19(14,11-21)18(23)24/h3-5,10,13-14H,6-9,11-12H2,1-2H3,(H,23,24)/t14-,19-/m0/s1. The zero-order valence-electron chi connectivity index (χ0n) is 15.2. The summed E-state index contributed by atoms with van der Waals surface area (Å²) in [6.07, 6.45) is 1.71. The summed E-state index contributed by atoms with van der Waals surface area (Å²) in [5.41, 5.74) is 0.228. The monoisotopic (exact) mass is 375 g/mol. The lowest BCUT2D eigenvalue weighted by Gasteiger charge is -2.25. The van der Waals surface area contributed by atoms with Crippen LogP contribution in [0.1, 0.15) is 36.2 Å². The summed E-state index contributed by atoms with van der Waals surface area (Å²) in [5.74, 6) is 0.505. The van der Waals surface area contributed by atoms with E-state index in [0.29, 0.717) is 19.6 Å². The number of hydrogen-bond acceptors (Lipinski definition) is 6. The van der Waals surface area contributed by atoms with Crippen LogP contribution in [0.2, 0.25) is 0 Å². The molecular weight excluding hydrogens is 350 g/mol.